The maximum absolute atomic E-state index is 12.4. The lowest BCUT2D eigenvalue weighted by Crippen LogP contribution is -2.58. The summed E-state index contributed by atoms with van der Waals surface area (Å²) < 4.78 is 11.4. The minimum Gasteiger partial charge on any atom is -0.490 e. The number of fused-ring (bicyclic) bond motifs is 3. The molecule has 2 aromatic rings. The molecule has 4 rings (SSSR count). The molecule has 0 aromatic heterocycles. The van der Waals surface area contributed by atoms with E-state index in [2.05, 4.69) is 54.4 Å². The van der Waals surface area contributed by atoms with Gasteiger partial charge in [-0.25, -0.2) is 0 Å². The highest BCUT2D eigenvalue weighted by Crippen LogP contribution is 2.52. The molecule has 2 heterocycles. The fourth-order valence-corrected chi connectivity index (χ4v) is 4.53. The van der Waals surface area contributed by atoms with Crippen molar-refractivity contribution in [3.8, 4) is 11.5 Å². The molecular weight excluding hydrogens is 364 g/mol. The lowest BCUT2D eigenvalue weighted by molar-refractivity contribution is -0.118. The Morgan fingerprint density at radius 3 is 2.55 bits per heavy atom. The number of carbonyl (C=O) groups is 1. The van der Waals surface area contributed by atoms with Gasteiger partial charge in [-0.2, -0.15) is 0 Å². The van der Waals surface area contributed by atoms with Gasteiger partial charge in [0.15, 0.2) is 11.5 Å². The van der Waals surface area contributed by atoms with E-state index in [9.17, 15) is 4.79 Å². The second-order valence-electron chi connectivity index (χ2n) is 7.95. The molecule has 1 saturated heterocycles. The minimum absolute atomic E-state index is 0.0407. The molecule has 0 bridgehead atoms. The van der Waals surface area contributed by atoms with Gasteiger partial charge in [0.1, 0.15) is 5.66 Å². The van der Waals surface area contributed by atoms with Crippen LogP contribution in [0.1, 0.15) is 38.8 Å². The predicted molar refractivity (Wildman–Crippen MR) is 116 cm³/mol. The van der Waals surface area contributed by atoms with Crippen LogP contribution < -0.4 is 19.7 Å². The van der Waals surface area contributed by atoms with Crippen molar-refractivity contribution in [2.45, 2.75) is 38.8 Å². The van der Waals surface area contributed by atoms with Crippen LogP contribution in [-0.2, 0) is 10.2 Å². The summed E-state index contributed by atoms with van der Waals surface area (Å²) in [4.78, 5) is 14.6. The standard InChI is InChI=1S/C24H28N2O3/c1-5-28-20-12-11-17(15-21(20)29-6-2)13-14-24-23(3,4)18-9-7-8-10-19(18)26(24)16-22(27)25-24/h7-15H,5-6,16H2,1-4H3,(H,25,27)/b14-13+. The van der Waals surface area contributed by atoms with Crippen molar-refractivity contribution in [3.05, 3.63) is 59.7 Å². The molecule has 1 unspecified atom stereocenters. The van der Waals surface area contributed by atoms with Crippen molar-refractivity contribution >= 4 is 17.7 Å². The molecule has 29 heavy (non-hydrogen) atoms. The van der Waals surface area contributed by atoms with Gasteiger partial charge in [0.2, 0.25) is 5.91 Å². The van der Waals surface area contributed by atoms with Crippen LogP contribution >= 0.6 is 0 Å². The molecule has 0 aliphatic carbocycles. The van der Waals surface area contributed by atoms with Gasteiger partial charge in [0.05, 0.1) is 19.8 Å². The number of amides is 1. The number of para-hydroxylation sites is 1. The first-order valence-corrected chi connectivity index (χ1v) is 10.2. The van der Waals surface area contributed by atoms with Gasteiger partial charge < -0.3 is 19.7 Å². The van der Waals surface area contributed by atoms with Gasteiger partial charge in [-0.3, -0.25) is 4.79 Å². The van der Waals surface area contributed by atoms with Crippen LogP contribution in [0.3, 0.4) is 0 Å². The Labute approximate surface area is 172 Å². The number of anilines is 1. The molecule has 1 amide bonds. The third-order valence-electron chi connectivity index (χ3n) is 5.96. The highest BCUT2D eigenvalue weighted by molar-refractivity contribution is 5.91. The van der Waals surface area contributed by atoms with Gasteiger partial charge in [-0.05, 0) is 49.2 Å². The van der Waals surface area contributed by atoms with Crippen LogP contribution in [-0.4, -0.2) is 31.3 Å². The molecule has 1 atom stereocenters. The van der Waals surface area contributed by atoms with Crippen LogP contribution in [0.4, 0.5) is 5.69 Å². The molecular formula is C24H28N2O3. The van der Waals surface area contributed by atoms with Crippen molar-refractivity contribution in [1.82, 2.24) is 5.32 Å². The summed E-state index contributed by atoms with van der Waals surface area (Å²) in [7, 11) is 0. The first kappa shape index (κ1) is 19.4. The molecule has 2 aliphatic heterocycles. The lowest BCUT2D eigenvalue weighted by Gasteiger charge is -2.40. The van der Waals surface area contributed by atoms with Crippen LogP contribution in [0.25, 0.3) is 6.08 Å². The Bertz CT molecular complexity index is 966. The van der Waals surface area contributed by atoms with Gasteiger partial charge in [-0.15, -0.1) is 0 Å². The molecule has 5 heteroatoms. The maximum Gasteiger partial charge on any atom is 0.241 e. The van der Waals surface area contributed by atoms with Crippen molar-refractivity contribution < 1.29 is 14.3 Å². The quantitative estimate of drug-likeness (QED) is 0.803. The zero-order chi connectivity index (χ0) is 20.6. The summed E-state index contributed by atoms with van der Waals surface area (Å²) in [5.41, 5.74) is 2.48. The molecule has 1 fully saturated rings. The number of hydrogen-bond acceptors (Lipinski definition) is 4. The summed E-state index contributed by atoms with van der Waals surface area (Å²) in [5, 5.41) is 3.25. The Balaban J connectivity index is 1.74. The third-order valence-corrected chi connectivity index (χ3v) is 5.96. The van der Waals surface area contributed by atoms with E-state index < -0.39 is 5.66 Å². The lowest BCUT2D eigenvalue weighted by atomic mass is 9.75. The summed E-state index contributed by atoms with van der Waals surface area (Å²) >= 11 is 0. The van der Waals surface area contributed by atoms with Crippen molar-refractivity contribution in [3.63, 3.8) is 0 Å². The topological polar surface area (TPSA) is 50.8 Å². The normalized spacial score (nSPS) is 21.8. The summed E-state index contributed by atoms with van der Waals surface area (Å²) in [5.74, 6) is 1.52. The van der Waals surface area contributed by atoms with Gasteiger partial charge >= 0.3 is 0 Å². The second kappa shape index (κ2) is 7.14. The highest BCUT2D eigenvalue weighted by atomic mass is 16.5. The van der Waals surface area contributed by atoms with E-state index in [1.54, 1.807) is 0 Å². The molecule has 2 aliphatic rings. The van der Waals surface area contributed by atoms with E-state index in [-0.39, 0.29) is 11.3 Å². The number of benzene rings is 2. The number of hydrogen-bond donors (Lipinski definition) is 1. The maximum atomic E-state index is 12.4. The Kier molecular flexibility index (Phi) is 4.77. The smallest absolute Gasteiger partial charge is 0.241 e. The Morgan fingerprint density at radius 2 is 1.79 bits per heavy atom. The molecule has 0 radical (unpaired) electrons. The highest BCUT2D eigenvalue weighted by Gasteiger charge is 2.59. The fraction of sp³-hybridized carbons (Fsp3) is 0.375. The SMILES string of the molecule is CCOc1ccc(/C=C/C23NC(=O)CN2c2ccccc2C3(C)C)cc1OCC. The number of carbonyl (C=O) groups excluding carboxylic acids is 1. The molecule has 2 aromatic carbocycles. The van der Waals surface area contributed by atoms with E-state index in [1.165, 1.54) is 5.56 Å². The fourth-order valence-electron chi connectivity index (χ4n) is 4.53. The first-order valence-electron chi connectivity index (χ1n) is 10.2. The largest absolute Gasteiger partial charge is 0.490 e. The zero-order valence-electron chi connectivity index (χ0n) is 17.5. The van der Waals surface area contributed by atoms with Crippen LogP contribution in [0.5, 0.6) is 11.5 Å². The Hall–Kier alpha value is -2.95. The predicted octanol–water partition coefficient (Wildman–Crippen LogP) is 4.12. The third kappa shape index (κ3) is 2.96. The van der Waals surface area contributed by atoms with Gasteiger partial charge in [-0.1, -0.05) is 44.2 Å². The first-order chi connectivity index (χ1) is 13.9. The van der Waals surface area contributed by atoms with Crippen molar-refractivity contribution in [2.24, 2.45) is 0 Å². The molecule has 152 valence electrons. The molecule has 0 spiro atoms. The zero-order valence-corrected chi connectivity index (χ0v) is 17.5. The summed E-state index contributed by atoms with van der Waals surface area (Å²) in [6.07, 6.45) is 4.17. The van der Waals surface area contributed by atoms with Gasteiger partial charge in [0, 0.05) is 11.1 Å². The van der Waals surface area contributed by atoms with E-state index in [1.807, 2.05) is 38.1 Å². The van der Waals surface area contributed by atoms with Crippen molar-refractivity contribution in [1.29, 1.82) is 0 Å². The number of rotatable bonds is 6. The van der Waals surface area contributed by atoms with Gasteiger partial charge in [0.25, 0.3) is 0 Å². The Morgan fingerprint density at radius 1 is 1.07 bits per heavy atom. The molecule has 0 saturated carbocycles. The second-order valence-corrected chi connectivity index (χ2v) is 7.95. The van der Waals surface area contributed by atoms with Crippen molar-refractivity contribution in [2.75, 3.05) is 24.7 Å². The van der Waals surface area contributed by atoms with E-state index in [0.717, 1.165) is 22.7 Å². The summed E-state index contributed by atoms with van der Waals surface area (Å²) in [6, 6.07) is 14.3. The van der Waals surface area contributed by atoms with E-state index >= 15 is 0 Å². The van der Waals surface area contributed by atoms with Crippen LogP contribution in [0.2, 0.25) is 0 Å². The number of nitrogens with zero attached hydrogens (tertiary/aromatic N) is 1. The van der Waals surface area contributed by atoms with E-state index in [4.69, 9.17) is 9.47 Å². The summed E-state index contributed by atoms with van der Waals surface area (Å²) in [6.45, 7) is 9.81. The number of nitrogens with one attached hydrogen (secondary N) is 1. The average Bonchev–Trinajstić information content (AvgIpc) is 3.13. The van der Waals surface area contributed by atoms with Crippen LogP contribution in [0.15, 0.2) is 48.5 Å². The van der Waals surface area contributed by atoms with Crippen LogP contribution in [0, 0.1) is 0 Å². The molecule has 1 N–H and O–H groups in total. The molecule has 5 nitrogen and oxygen atoms in total. The monoisotopic (exact) mass is 392 g/mol. The average molecular weight is 392 g/mol. The minimum atomic E-state index is -0.599. The van der Waals surface area contributed by atoms with E-state index in [0.29, 0.717) is 19.8 Å². The number of ether oxygens (including phenoxy) is 2.